The lowest BCUT2D eigenvalue weighted by Crippen LogP contribution is -2.43. The number of halogens is 1. The maximum absolute atomic E-state index is 13.5. The molecule has 1 heterocycles. The van der Waals surface area contributed by atoms with Crippen LogP contribution >= 0.6 is 0 Å². The number of nitrogens with zero attached hydrogens (tertiary/aromatic N) is 1. The van der Waals surface area contributed by atoms with Gasteiger partial charge in [0.2, 0.25) is 5.91 Å². The standard InChI is InChI=1S/C15H19FN2O2/c16-14-6-2-1-4-11(14)8-13(19)10-18-7-3-5-12(9-18)15(17)20/h1-2,4,6,12H,3,5,7-10H2,(H2,17,20). The number of hydrogen-bond acceptors (Lipinski definition) is 3. The largest absolute Gasteiger partial charge is 0.369 e. The fraction of sp³-hybridized carbons (Fsp3) is 0.467. The number of rotatable bonds is 5. The van der Waals surface area contributed by atoms with Crippen LogP contribution in [0.5, 0.6) is 0 Å². The minimum absolute atomic E-state index is 0.0415. The van der Waals surface area contributed by atoms with E-state index in [4.69, 9.17) is 5.73 Å². The molecule has 20 heavy (non-hydrogen) atoms. The molecule has 1 unspecified atom stereocenters. The van der Waals surface area contributed by atoms with Gasteiger partial charge in [0.05, 0.1) is 12.5 Å². The third-order valence-electron chi connectivity index (χ3n) is 3.65. The van der Waals surface area contributed by atoms with Crippen LogP contribution in [-0.2, 0) is 16.0 Å². The molecule has 0 radical (unpaired) electrons. The van der Waals surface area contributed by atoms with Gasteiger partial charge < -0.3 is 5.73 Å². The molecule has 0 saturated carbocycles. The summed E-state index contributed by atoms with van der Waals surface area (Å²) in [4.78, 5) is 25.1. The molecule has 0 bridgehead atoms. The Hall–Kier alpha value is -1.75. The van der Waals surface area contributed by atoms with Gasteiger partial charge in [-0.15, -0.1) is 0 Å². The summed E-state index contributed by atoms with van der Waals surface area (Å²) in [5, 5.41) is 0. The zero-order chi connectivity index (χ0) is 14.5. The van der Waals surface area contributed by atoms with Crippen LogP contribution in [0.2, 0.25) is 0 Å². The number of primary amides is 1. The highest BCUT2D eigenvalue weighted by molar-refractivity contribution is 5.83. The zero-order valence-corrected chi connectivity index (χ0v) is 11.3. The van der Waals surface area contributed by atoms with Gasteiger partial charge >= 0.3 is 0 Å². The van der Waals surface area contributed by atoms with Gasteiger partial charge in [-0.25, -0.2) is 4.39 Å². The van der Waals surface area contributed by atoms with Crippen molar-refractivity contribution in [2.75, 3.05) is 19.6 Å². The first-order valence-electron chi connectivity index (χ1n) is 6.83. The first kappa shape index (κ1) is 14.7. The van der Waals surface area contributed by atoms with E-state index in [1.807, 2.05) is 4.90 Å². The molecule has 4 nitrogen and oxygen atoms in total. The Morgan fingerprint density at radius 2 is 2.10 bits per heavy atom. The first-order chi connectivity index (χ1) is 9.56. The third-order valence-corrected chi connectivity index (χ3v) is 3.65. The molecule has 0 spiro atoms. The average molecular weight is 278 g/mol. The number of likely N-dealkylation sites (tertiary alicyclic amines) is 1. The Kier molecular flexibility index (Phi) is 4.84. The van der Waals surface area contributed by atoms with Gasteiger partial charge in [-0.1, -0.05) is 18.2 Å². The van der Waals surface area contributed by atoms with Crippen molar-refractivity contribution in [3.63, 3.8) is 0 Å². The second-order valence-corrected chi connectivity index (χ2v) is 5.28. The highest BCUT2D eigenvalue weighted by atomic mass is 19.1. The second kappa shape index (κ2) is 6.61. The highest BCUT2D eigenvalue weighted by Crippen LogP contribution is 2.16. The number of carbonyl (C=O) groups is 2. The summed E-state index contributed by atoms with van der Waals surface area (Å²) in [6.45, 7) is 1.56. The first-order valence-corrected chi connectivity index (χ1v) is 6.83. The number of amides is 1. The molecule has 0 aromatic heterocycles. The Morgan fingerprint density at radius 1 is 1.35 bits per heavy atom. The second-order valence-electron chi connectivity index (χ2n) is 5.28. The highest BCUT2D eigenvalue weighted by Gasteiger charge is 2.25. The summed E-state index contributed by atoms with van der Waals surface area (Å²) in [5.41, 5.74) is 5.72. The molecule has 1 aliphatic rings. The molecule has 0 aliphatic carbocycles. The number of hydrogen-bond donors (Lipinski definition) is 1. The lowest BCUT2D eigenvalue weighted by molar-refractivity contribution is -0.125. The Labute approximate surface area is 117 Å². The molecule has 1 aromatic rings. The van der Waals surface area contributed by atoms with E-state index in [1.54, 1.807) is 18.2 Å². The smallest absolute Gasteiger partial charge is 0.221 e. The lowest BCUT2D eigenvalue weighted by atomic mass is 9.97. The predicted molar refractivity (Wildman–Crippen MR) is 73.5 cm³/mol. The van der Waals surface area contributed by atoms with E-state index >= 15 is 0 Å². The van der Waals surface area contributed by atoms with E-state index in [9.17, 15) is 14.0 Å². The van der Waals surface area contributed by atoms with Crippen molar-refractivity contribution in [1.29, 1.82) is 0 Å². The van der Waals surface area contributed by atoms with Crippen molar-refractivity contribution in [1.82, 2.24) is 4.90 Å². The fourth-order valence-electron chi connectivity index (χ4n) is 2.59. The number of carbonyl (C=O) groups excluding carboxylic acids is 2. The SMILES string of the molecule is NC(=O)C1CCCN(CC(=O)Cc2ccccc2F)C1. The molecule has 5 heteroatoms. The van der Waals surface area contributed by atoms with Gasteiger partial charge in [-0.3, -0.25) is 14.5 Å². The summed E-state index contributed by atoms with van der Waals surface area (Å²) in [6, 6.07) is 6.30. The van der Waals surface area contributed by atoms with Crippen LogP contribution in [0.3, 0.4) is 0 Å². The van der Waals surface area contributed by atoms with Gasteiger partial charge in [0.15, 0.2) is 5.78 Å². The minimum atomic E-state index is -0.352. The van der Waals surface area contributed by atoms with Crippen molar-refractivity contribution in [3.8, 4) is 0 Å². The molecule has 2 N–H and O–H groups in total. The molecular weight excluding hydrogens is 259 g/mol. The van der Waals surface area contributed by atoms with E-state index in [-0.39, 0.29) is 36.4 Å². The van der Waals surface area contributed by atoms with Crippen LogP contribution in [0, 0.1) is 11.7 Å². The summed E-state index contributed by atoms with van der Waals surface area (Å²) in [6.07, 6.45) is 1.73. The lowest BCUT2D eigenvalue weighted by Gasteiger charge is -2.30. The molecule has 108 valence electrons. The summed E-state index contributed by atoms with van der Waals surface area (Å²) < 4.78 is 13.5. The molecule has 1 aliphatic heterocycles. The van der Waals surface area contributed by atoms with Crippen molar-refractivity contribution in [2.24, 2.45) is 11.7 Å². The molecule has 1 amide bonds. The Balaban J connectivity index is 1.88. The van der Waals surface area contributed by atoms with Gasteiger partial charge in [0.25, 0.3) is 0 Å². The normalized spacial score (nSPS) is 19.8. The number of benzene rings is 1. The molecule has 1 aromatic carbocycles. The van der Waals surface area contributed by atoms with Crippen LogP contribution in [0.15, 0.2) is 24.3 Å². The van der Waals surface area contributed by atoms with Crippen LogP contribution in [0.4, 0.5) is 4.39 Å². The predicted octanol–water partition coefficient (Wildman–Crippen LogP) is 1.13. The zero-order valence-electron chi connectivity index (χ0n) is 11.3. The molecular formula is C15H19FN2O2. The average Bonchev–Trinajstić information content (AvgIpc) is 2.41. The Morgan fingerprint density at radius 3 is 2.80 bits per heavy atom. The van der Waals surface area contributed by atoms with Gasteiger partial charge in [-0.2, -0.15) is 0 Å². The van der Waals surface area contributed by atoms with Gasteiger partial charge in [0, 0.05) is 13.0 Å². The molecule has 1 fully saturated rings. The van der Waals surface area contributed by atoms with Gasteiger partial charge in [0.1, 0.15) is 5.82 Å². The monoisotopic (exact) mass is 278 g/mol. The number of Topliss-reactive ketones (excluding diaryl/α,β-unsaturated/α-hetero) is 1. The maximum Gasteiger partial charge on any atom is 0.221 e. The topological polar surface area (TPSA) is 63.4 Å². The third kappa shape index (κ3) is 3.87. The van der Waals surface area contributed by atoms with Crippen LogP contribution in [-0.4, -0.2) is 36.2 Å². The maximum atomic E-state index is 13.5. The van der Waals surface area contributed by atoms with Crippen molar-refractivity contribution < 1.29 is 14.0 Å². The summed E-state index contributed by atoms with van der Waals surface area (Å²) >= 11 is 0. The van der Waals surface area contributed by atoms with Crippen molar-refractivity contribution >= 4 is 11.7 Å². The van der Waals surface area contributed by atoms with Crippen molar-refractivity contribution in [2.45, 2.75) is 19.3 Å². The van der Waals surface area contributed by atoms with E-state index < -0.39 is 0 Å². The summed E-state index contributed by atoms with van der Waals surface area (Å²) in [5.74, 6) is -0.879. The van der Waals surface area contributed by atoms with Gasteiger partial charge in [-0.05, 0) is 31.0 Å². The van der Waals surface area contributed by atoms with E-state index in [0.29, 0.717) is 12.1 Å². The van der Waals surface area contributed by atoms with E-state index in [1.165, 1.54) is 6.07 Å². The molecule has 1 atom stereocenters. The minimum Gasteiger partial charge on any atom is -0.369 e. The van der Waals surface area contributed by atoms with E-state index in [2.05, 4.69) is 0 Å². The summed E-state index contributed by atoms with van der Waals surface area (Å²) in [7, 11) is 0. The molecule has 1 saturated heterocycles. The molecule has 2 rings (SSSR count). The van der Waals surface area contributed by atoms with Crippen LogP contribution in [0.25, 0.3) is 0 Å². The Bertz CT molecular complexity index is 504. The van der Waals surface area contributed by atoms with Crippen LogP contribution in [0.1, 0.15) is 18.4 Å². The van der Waals surface area contributed by atoms with Crippen LogP contribution < -0.4 is 5.73 Å². The quantitative estimate of drug-likeness (QED) is 0.878. The van der Waals surface area contributed by atoms with E-state index in [0.717, 1.165) is 19.4 Å². The van der Waals surface area contributed by atoms with Crippen molar-refractivity contribution in [3.05, 3.63) is 35.6 Å². The number of nitrogens with two attached hydrogens (primary N) is 1. The number of ketones is 1. The number of piperidine rings is 1. The fourth-order valence-corrected chi connectivity index (χ4v) is 2.59.